The number of carbonyl (C=O) groups excluding carboxylic acids is 2. The van der Waals surface area contributed by atoms with Crippen LogP contribution < -0.4 is 10.6 Å². The van der Waals surface area contributed by atoms with Crippen LogP contribution in [0.3, 0.4) is 0 Å². The summed E-state index contributed by atoms with van der Waals surface area (Å²) in [5, 5.41) is 14.7. The molecule has 8 heteroatoms. The first-order chi connectivity index (χ1) is 16.5. The molecule has 3 unspecified atom stereocenters. The number of nitrogens with one attached hydrogen (secondary N) is 2. The number of ether oxygens (including phenoxy) is 2. The van der Waals surface area contributed by atoms with E-state index in [1.54, 1.807) is 0 Å². The molecule has 4 rings (SSSR count). The summed E-state index contributed by atoms with van der Waals surface area (Å²) in [6.07, 6.45) is 0.129. The largest absolute Gasteiger partial charge is 0.479 e. The van der Waals surface area contributed by atoms with Crippen molar-refractivity contribution in [2.24, 2.45) is 5.92 Å². The van der Waals surface area contributed by atoms with Crippen LogP contribution in [0.15, 0.2) is 48.5 Å². The average Bonchev–Trinajstić information content (AvgIpc) is 3.44. The van der Waals surface area contributed by atoms with Crippen molar-refractivity contribution >= 4 is 18.0 Å². The summed E-state index contributed by atoms with van der Waals surface area (Å²) in [6.45, 7) is 2.63. The van der Waals surface area contributed by atoms with Crippen molar-refractivity contribution in [3.8, 4) is 11.1 Å². The number of carboxylic acid groups (broad SMARTS) is 1. The van der Waals surface area contributed by atoms with Gasteiger partial charge in [-0.1, -0.05) is 61.9 Å². The Morgan fingerprint density at radius 2 is 1.74 bits per heavy atom. The second-order valence-electron chi connectivity index (χ2n) is 8.73. The average molecular weight is 467 g/mol. The number of aliphatic carboxylic acids is 1. The summed E-state index contributed by atoms with van der Waals surface area (Å²) in [5.41, 5.74) is 4.52. The number of hydrogen-bond donors (Lipinski definition) is 3. The maximum atomic E-state index is 12.7. The van der Waals surface area contributed by atoms with Crippen LogP contribution in [0.25, 0.3) is 11.1 Å². The van der Waals surface area contributed by atoms with E-state index in [0.29, 0.717) is 25.9 Å². The topological polar surface area (TPSA) is 114 Å². The van der Waals surface area contributed by atoms with Crippen molar-refractivity contribution in [1.82, 2.24) is 10.6 Å². The molecule has 0 bridgehead atoms. The summed E-state index contributed by atoms with van der Waals surface area (Å²) in [4.78, 5) is 36.6. The van der Waals surface area contributed by atoms with E-state index in [9.17, 15) is 19.5 Å². The molecule has 0 radical (unpaired) electrons. The van der Waals surface area contributed by atoms with Gasteiger partial charge in [-0.25, -0.2) is 9.59 Å². The van der Waals surface area contributed by atoms with Gasteiger partial charge in [0.1, 0.15) is 12.6 Å². The monoisotopic (exact) mass is 466 g/mol. The van der Waals surface area contributed by atoms with E-state index >= 15 is 0 Å². The molecule has 2 aliphatic rings. The highest BCUT2D eigenvalue weighted by Crippen LogP contribution is 2.44. The number of carboxylic acids is 1. The molecular weight excluding hydrogens is 436 g/mol. The first-order valence-corrected chi connectivity index (χ1v) is 11.7. The highest BCUT2D eigenvalue weighted by Gasteiger charge is 2.35. The lowest BCUT2D eigenvalue weighted by Gasteiger charge is -2.21. The molecule has 8 nitrogen and oxygen atoms in total. The maximum Gasteiger partial charge on any atom is 0.407 e. The molecule has 0 saturated carbocycles. The third kappa shape index (κ3) is 5.07. The predicted molar refractivity (Wildman–Crippen MR) is 125 cm³/mol. The lowest BCUT2D eigenvalue weighted by Crippen LogP contribution is -2.48. The Morgan fingerprint density at radius 3 is 2.35 bits per heavy atom. The fourth-order valence-electron chi connectivity index (χ4n) is 4.81. The van der Waals surface area contributed by atoms with Gasteiger partial charge in [0.15, 0.2) is 6.10 Å². The van der Waals surface area contributed by atoms with E-state index in [2.05, 4.69) is 22.8 Å². The van der Waals surface area contributed by atoms with Gasteiger partial charge in [0.2, 0.25) is 5.91 Å². The predicted octanol–water partition coefficient (Wildman–Crippen LogP) is 3.30. The van der Waals surface area contributed by atoms with Gasteiger partial charge < -0.3 is 25.2 Å². The van der Waals surface area contributed by atoms with Gasteiger partial charge in [-0.15, -0.1) is 0 Å². The van der Waals surface area contributed by atoms with Crippen LogP contribution in [0.4, 0.5) is 4.79 Å². The molecule has 1 fully saturated rings. The van der Waals surface area contributed by atoms with E-state index in [1.807, 2.05) is 43.3 Å². The molecule has 2 aromatic rings. The third-order valence-electron chi connectivity index (χ3n) is 6.53. The highest BCUT2D eigenvalue weighted by atomic mass is 16.5. The summed E-state index contributed by atoms with van der Waals surface area (Å²) in [5.74, 6) is -1.74. The van der Waals surface area contributed by atoms with Crippen molar-refractivity contribution in [3.05, 3.63) is 59.7 Å². The molecule has 1 saturated heterocycles. The minimum absolute atomic E-state index is 0.0630. The normalized spacial score (nSPS) is 19.7. The molecule has 1 aliphatic carbocycles. The standard InChI is InChI=1S/C26H30N2O6/c1-2-7-22(24(29)27-14-16-12-13-33-23(16)25(30)31)28-26(32)34-15-21-19-10-5-3-8-17(19)18-9-4-6-11-20(18)21/h3-6,8-11,16,21-23H,2,7,12-15H2,1H3,(H,27,29)(H,28,32)(H,30,31). The fraction of sp³-hybridized carbons (Fsp3) is 0.423. The molecule has 180 valence electrons. The maximum absolute atomic E-state index is 12.7. The molecule has 34 heavy (non-hydrogen) atoms. The zero-order valence-electron chi connectivity index (χ0n) is 19.2. The van der Waals surface area contributed by atoms with Gasteiger partial charge in [0.25, 0.3) is 0 Å². The van der Waals surface area contributed by atoms with E-state index < -0.39 is 24.2 Å². The Kier molecular flexibility index (Phi) is 7.47. The zero-order chi connectivity index (χ0) is 24.1. The molecule has 1 heterocycles. The van der Waals surface area contributed by atoms with Crippen molar-refractivity contribution in [2.75, 3.05) is 19.8 Å². The Balaban J connectivity index is 1.33. The SMILES string of the molecule is CCCC(NC(=O)OCC1c2ccccc2-c2ccccc21)C(=O)NCC1CCOC1C(=O)O. The zero-order valence-corrected chi connectivity index (χ0v) is 19.2. The Bertz CT molecular complexity index is 1010. The molecule has 0 aromatic heterocycles. The van der Waals surface area contributed by atoms with E-state index in [4.69, 9.17) is 9.47 Å². The van der Waals surface area contributed by atoms with Crippen molar-refractivity contribution in [3.63, 3.8) is 0 Å². The van der Waals surface area contributed by atoms with Gasteiger partial charge in [0.05, 0.1) is 0 Å². The number of hydrogen-bond acceptors (Lipinski definition) is 5. The van der Waals surface area contributed by atoms with Gasteiger partial charge in [-0.05, 0) is 35.1 Å². The molecule has 1 aliphatic heterocycles. The first kappa shape index (κ1) is 23.8. The van der Waals surface area contributed by atoms with Crippen LogP contribution in [0.1, 0.15) is 43.2 Å². The van der Waals surface area contributed by atoms with Crippen molar-refractivity contribution < 1.29 is 29.0 Å². The smallest absolute Gasteiger partial charge is 0.407 e. The number of rotatable bonds is 9. The minimum Gasteiger partial charge on any atom is -0.479 e. The number of carbonyl (C=O) groups is 3. The fourth-order valence-corrected chi connectivity index (χ4v) is 4.81. The summed E-state index contributed by atoms with van der Waals surface area (Å²) in [6, 6.07) is 15.4. The number of amides is 2. The van der Waals surface area contributed by atoms with Gasteiger partial charge in [0, 0.05) is 25.0 Å². The highest BCUT2D eigenvalue weighted by molar-refractivity contribution is 5.86. The van der Waals surface area contributed by atoms with Crippen LogP contribution in [0, 0.1) is 5.92 Å². The van der Waals surface area contributed by atoms with Gasteiger partial charge in [-0.3, -0.25) is 4.79 Å². The van der Waals surface area contributed by atoms with E-state index in [0.717, 1.165) is 22.3 Å². The van der Waals surface area contributed by atoms with Gasteiger partial charge in [-0.2, -0.15) is 0 Å². The quantitative estimate of drug-likeness (QED) is 0.523. The van der Waals surface area contributed by atoms with Crippen molar-refractivity contribution in [1.29, 1.82) is 0 Å². The first-order valence-electron chi connectivity index (χ1n) is 11.7. The second-order valence-corrected chi connectivity index (χ2v) is 8.73. The Labute approximate surface area is 198 Å². The molecule has 3 atom stereocenters. The number of benzene rings is 2. The van der Waals surface area contributed by atoms with Crippen LogP contribution in [0.5, 0.6) is 0 Å². The molecular formula is C26H30N2O6. The van der Waals surface area contributed by atoms with E-state index in [-0.39, 0.29) is 30.9 Å². The van der Waals surface area contributed by atoms with E-state index in [1.165, 1.54) is 0 Å². The lowest BCUT2D eigenvalue weighted by atomic mass is 9.98. The van der Waals surface area contributed by atoms with Crippen LogP contribution >= 0.6 is 0 Å². The van der Waals surface area contributed by atoms with Crippen LogP contribution in [0.2, 0.25) is 0 Å². The lowest BCUT2D eigenvalue weighted by molar-refractivity contribution is -0.149. The summed E-state index contributed by atoms with van der Waals surface area (Å²) >= 11 is 0. The minimum atomic E-state index is -1.03. The number of fused-ring (bicyclic) bond motifs is 3. The third-order valence-corrected chi connectivity index (χ3v) is 6.53. The molecule has 0 spiro atoms. The Hall–Kier alpha value is -3.39. The van der Waals surface area contributed by atoms with Crippen LogP contribution in [-0.2, 0) is 19.1 Å². The Morgan fingerprint density at radius 1 is 1.09 bits per heavy atom. The molecule has 2 amide bonds. The second kappa shape index (κ2) is 10.7. The summed E-state index contributed by atoms with van der Waals surface area (Å²) in [7, 11) is 0. The molecule has 3 N–H and O–H groups in total. The van der Waals surface area contributed by atoms with Crippen LogP contribution in [-0.4, -0.2) is 55.0 Å². The summed E-state index contributed by atoms with van der Waals surface area (Å²) < 4.78 is 10.8. The van der Waals surface area contributed by atoms with Crippen molar-refractivity contribution in [2.45, 2.75) is 44.2 Å². The van der Waals surface area contributed by atoms with Gasteiger partial charge >= 0.3 is 12.1 Å². The number of alkyl carbamates (subject to hydrolysis) is 1. The molecule has 2 aromatic carbocycles.